The molecule has 1 aromatic carbocycles. The van der Waals surface area contributed by atoms with E-state index in [4.69, 9.17) is 4.74 Å². The maximum absolute atomic E-state index is 9.26. The number of ether oxygens (including phenoxy) is 1. The number of halogens is 1. The number of hydrogen-bond acceptors (Lipinski definition) is 2. The number of benzene rings is 1. The number of aliphatic hydroxyl groups is 1. The predicted molar refractivity (Wildman–Crippen MR) is 65.4 cm³/mol. The van der Waals surface area contributed by atoms with E-state index in [-0.39, 0.29) is 12.0 Å². The van der Waals surface area contributed by atoms with Gasteiger partial charge in [-0.2, -0.15) is 0 Å². The van der Waals surface area contributed by atoms with E-state index in [1.165, 1.54) is 0 Å². The second-order valence-electron chi connectivity index (χ2n) is 4.12. The molecule has 0 aromatic heterocycles. The average molecular weight is 273 g/mol. The Morgan fingerprint density at radius 2 is 2.07 bits per heavy atom. The molecule has 0 aliphatic carbocycles. The van der Waals surface area contributed by atoms with E-state index in [2.05, 4.69) is 15.9 Å². The maximum atomic E-state index is 9.26. The Labute approximate surface area is 99.4 Å². The van der Waals surface area contributed by atoms with Gasteiger partial charge in [0.1, 0.15) is 5.75 Å². The Morgan fingerprint density at radius 3 is 2.53 bits per heavy atom. The summed E-state index contributed by atoms with van der Waals surface area (Å²) in [6, 6.07) is 5.92. The highest BCUT2D eigenvalue weighted by atomic mass is 79.9. The molecule has 0 amide bonds. The molecule has 1 N–H and O–H groups in total. The molecule has 3 heteroatoms. The van der Waals surface area contributed by atoms with Crippen molar-refractivity contribution in [1.82, 2.24) is 0 Å². The van der Waals surface area contributed by atoms with Gasteiger partial charge in [0.05, 0.1) is 17.7 Å². The number of hydrogen-bond donors (Lipinski definition) is 1. The summed E-state index contributed by atoms with van der Waals surface area (Å²) in [5, 5.41) is 9.26. The van der Waals surface area contributed by atoms with Crippen LogP contribution in [0.1, 0.15) is 26.3 Å². The Kier molecular flexibility index (Phi) is 4.17. The van der Waals surface area contributed by atoms with Crippen molar-refractivity contribution in [1.29, 1.82) is 0 Å². The monoisotopic (exact) mass is 272 g/mol. The molecule has 0 unspecified atom stereocenters. The minimum Gasteiger partial charge on any atom is -0.493 e. The van der Waals surface area contributed by atoms with Crippen molar-refractivity contribution in [2.45, 2.75) is 26.2 Å². The largest absolute Gasteiger partial charge is 0.493 e. The van der Waals surface area contributed by atoms with Crippen LogP contribution in [0.4, 0.5) is 0 Å². The van der Waals surface area contributed by atoms with Crippen molar-refractivity contribution in [3.05, 3.63) is 28.2 Å². The molecule has 1 rings (SSSR count). The molecule has 0 spiro atoms. The SMILES string of the molecule is CCOc1ccc(C(C)(C)CO)cc1Br. The van der Waals surface area contributed by atoms with Crippen molar-refractivity contribution in [2.75, 3.05) is 13.2 Å². The van der Waals surface area contributed by atoms with Gasteiger partial charge in [0.25, 0.3) is 0 Å². The standard InChI is InChI=1S/C12H17BrO2/c1-4-15-11-6-5-9(7-10(11)13)12(2,3)8-14/h5-7,14H,4,8H2,1-3H3. The van der Waals surface area contributed by atoms with E-state index in [1.54, 1.807) is 0 Å². The number of aliphatic hydroxyl groups excluding tert-OH is 1. The van der Waals surface area contributed by atoms with Crippen LogP contribution >= 0.6 is 15.9 Å². The van der Waals surface area contributed by atoms with Gasteiger partial charge in [-0.1, -0.05) is 19.9 Å². The fraction of sp³-hybridized carbons (Fsp3) is 0.500. The second kappa shape index (κ2) is 4.99. The Balaban J connectivity index is 3.01. The molecule has 0 radical (unpaired) electrons. The van der Waals surface area contributed by atoms with Crippen molar-refractivity contribution < 1.29 is 9.84 Å². The van der Waals surface area contributed by atoms with Gasteiger partial charge in [0, 0.05) is 5.41 Å². The molecule has 0 aliphatic rings. The van der Waals surface area contributed by atoms with Crippen LogP contribution in [0, 0.1) is 0 Å². The molecular weight excluding hydrogens is 256 g/mol. The molecular formula is C12H17BrO2. The molecule has 0 fully saturated rings. The first-order valence-electron chi connectivity index (χ1n) is 5.05. The van der Waals surface area contributed by atoms with Gasteiger partial charge < -0.3 is 9.84 Å². The number of rotatable bonds is 4. The van der Waals surface area contributed by atoms with E-state index in [0.717, 1.165) is 15.8 Å². The highest BCUT2D eigenvalue weighted by molar-refractivity contribution is 9.10. The molecule has 0 saturated heterocycles. The molecule has 0 heterocycles. The van der Waals surface area contributed by atoms with Gasteiger partial charge in [-0.3, -0.25) is 0 Å². The average Bonchev–Trinajstić information content (AvgIpc) is 2.21. The minimum absolute atomic E-state index is 0.132. The third kappa shape index (κ3) is 2.95. The summed E-state index contributed by atoms with van der Waals surface area (Å²) in [5.41, 5.74) is 0.883. The summed E-state index contributed by atoms with van der Waals surface area (Å²) in [6.07, 6.45) is 0. The van der Waals surface area contributed by atoms with Crippen LogP contribution in [0.2, 0.25) is 0 Å². The lowest BCUT2D eigenvalue weighted by molar-refractivity contribution is 0.218. The van der Waals surface area contributed by atoms with Crippen molar-refractivity contribution in [3.8, 4) is 5.75 Å². The van der Waals surface area contributed by atoms with Crippen LogP contribution in [0.5, 0.6) is 5.75 Å². The third-order valence-corrected chi connectivity index (χ3v) is 3.03. The van der Waals surface area contributed by atoms with Gasteiger partial charge in [0.2, 0.25) is 0 Å². The molecule has 1 aromatic rings. The first-order valence-corrected chi connectivity index (χ1v) is 5.84. The predicted octanol–water partition coefficient (Wildman–Crippen LogP) is 3.12. The maximum Gasteiger partial charge on any atom is 0.133 e. The fourth-order valence-electron chi connectivity index (χ4n) is 1.29. The van der Waals surface area contributed by atoms with Crippen LogP contribution in [0.25, 0.3) is 0 Å². The molecule has 0 aliphatic heterocycles. The zero-order chi connectivity index (χ0) is 11.5. The van der Waals surface area contributed by atoms with E-state index < -0.39 is 0 Å². The molecule has 0 saturated carbocycles. The Bertz CT molecular complexity index is 334. The third-order valence-electron chi connectivity index (χ3n) is 2.41. The fourth-order valence-corrected chi connectivity index (χ4v) is 1.78. The lowest BCUT2D eigenvalue weighted by Crippen LogP contribution is -2.21. The highest BCUT2D eigenvalue weighted by Gasteiger charge is 2.20. The Morgan fingerprint density at radius 1 is 1.40 bits per heavy atom. The van der Waals surface area contributed by atoms with Crippen LogP contribution in [-0.2, 0) is 5.41 Å². The molecule has 2 nitrogen and oxygen atoms in total. The van der Waals surface area contributed by atoms with Crippen LogP contribution in [-0.4, -0.2) is 18.3 Å². The zero-order valence-corrected chi connectivity index (χ0v) is 11.0. The van der Waals surface area contributed by atoms with E-state index in [9.17, 15) is 5.11 Å². The van der Waals surface area contributed by atoms with E-state index >= 15 is 0 Å². The minimum atomic E-state index is -0.215. The highest BCUT2D eigenvalue weighted by Crippen LogP contribution is 2.31. The zero-order valence-electron chi connectivity index (χ0n) is 9.38. The van der Waals surface area contributed by atoms with Crippen molar-refractivity contribution in [3.63, 3.8) is 0 Å². The van der Waals surface area contributed by atoms with Crippen LogP contribution in [0.3, 0.4) is 0 Å². The summed E-state index contributed by atoms with van der Waals surface area (Å²) < 4.78 is 6.36. The summed E-state index contributed by atoms with van der Waals surface area (Å²) in [6.45, 7) is 6.76. The molecule has 15 heavy (non-hydrogen) atoms. The summed E-state index contributed by atoms with van der Waals surface area (Å²) in [5.74, 6) is 0.843. The summed E-state index contributed by atoms with van der Waals surface area (Å²) in [4.78, 5) is 0. The lowest BCUT2D eigenvalue weighted by atomic mass is 9.86. The van der Waals surface area contributed by atoms with Gasteiger partial charge in [0.15, 0.2) is 0 Å². The van der Waals surface area contributed by atoms with Gasteiger partial charge in [-0.25, -0.2) is 0 Å². The summed E-state index contributed by atoms with van der Waals surface area (Å²) in [7, 11) is 0. The van der Waals surface area contributed by atoms with Gasteiger partial charge in [-0.05, 0) is 40.5 Å². The van der Waals surface area contributed by atoms with Crippen LogP contribution < -0.4 is 4.74 Å². The van der Waals surface area contributed by atoms with Crippen molar-refractivity contribution >= 4 is 15.9 Å². The first kappa shape index (κ1) is 12.5. The summed E-state index contributed by atoms with van der Waals surface area (Å²) >= 11 is 3.46. The smallest absolute Gasteiger partial charge is 0.133 e. The van der Waals surface area contributed by atoms with E-state index in [0.29, 0.717) is 6.61 Å². The second-order valence-corrected chi connectivity index (χ2v) is 4.97. The molecule has 0 bridgehead atoms. The quantitative estimate of drug-likeness (QED) is 0.913. The van der Waals surface area contributed by atoms with Gasteiger partial charge in [-0.15, -0.1) is 0 Å². The first-order chi connectivity index (χ1) is 7.01. The van der Waals surface area contributed by atoms with Gasteiger partial charge >= 0.3 is 0 Å². The topological polar surface area (TPSA) is 29.5 Å². The normalized spacial score (nSPS) is 11.5. The molecule has 84 valence electrons. The lowest BCUT2D eigenvalue weighted by Gasteiger charge is -2.23. The van der Waals surface area contributed by atoms with Crippen LogP contribution in [0.15, 0.2) is 22.7 Å². The van der Waals surface area contributed by atoms with Crippen molar-refractivity contribution in [2.24, 2.45) is 0 Å². The Hall–Kier alpha value is -0.540. The molecule has 0 atom stereocenters. The van der Waals surface area contributed by atoms with E-state index in [1.807, 2.05) is 39.0 Å².